The lowest BCUT2D eigenvalue weighted by molar-refractivity contribution is -0.0969. The fourth-order valence-corrected chi connectivity index (χ4v) is 10.6. The number of methoxy groups -OCH3 is 2. The van der Waals surface area contributed by atoms with Gasteiger partial charge in [-0.3, -0.25) is 4.90 Å². The second-order valence-corrected chi connectivity index (χ2v) is 15.9. The summed E-state index contributed by atoms with van der Waals surface area (Å²) in [5.74, 6) is 0.682. The molecular formula is C36H49NO6Si. The fourth-order valence-electron chi connectivity index (χ4n) is 5.86. The molecule has 0 radical (unpaired) electrons. The van der Waals surface area contributed by atoms with Crippen molar-refractivity contribution in [3.63, 3.8) is 0 Å². The van der Waals surface area contributed by atoms with Crippen LogP contribution in [0.2, 0.25) is 5.04 Å². The molecule has 1 amide bonds. The fraction of sp³-hybridized carbons (Fsp3) is 0.417. The molecule has 238 valence electrons. The van der Waals surface area contributed by atoms with Crippen LogP contribution < -0.4 is 15.1 Å². The van der Waals surface area contributed by atoms with Crippen molar-refractivity contribution in [1.29, 1.82) is 0 Å². The van der Waals surface area contributed by atoms with E-state index in [0.29, 0.717) is 5.75 Å². The lowest BCUT2D eigenvalue weighted by Gasteiger charge is -2.48. The van der Waals surface area contributed by atoms with Gasteiger partial charge in [0.1, 0.15) is 18.6 Å². The van der Waals surface area contributed by atoms with E-state index in [2.05, 4.69) is 69.3 Å². The SMILES string of the molecule is C/C=C/[C@H](OCOC)[C@H]([C@H](C)O[Si](c1ccccc1)(c1ccccc1)C(C)(C)C)N(Cc1ccccc1OC)C(=O)OCC. The van der Waals surface area contributed by atoms with Gasteiger partial charge < -0.3 is 23.4 Å². The number of carbonyl (C=O) groups excluding carboxylic acids is 1. The Labute approximate surface area is 264 Å². The van der Waals surface area contributed by atoms with E-state index in [-0.39, 0.29) is 25.0 Å². The minimum Gasteiger partial charge on any atom is -0.496 e. The maximum Gasteiger partial charge on any atom is 0.410 e. The van der Waals surface area contributed by atoms with Gasteiger partial charge in [0.15, 0.2) is 0 Å². The van der Waals surface area contributed by atoms with Crippen LogP contribution in [0.4, 0.5) is 4.79 Å². The quantitative estimate of drug-likeness (QED) is 0.109. The summed E-state index contributed by atoms with van der Waals surface area (Å²) in [6.45, 7) is 13.0. The molecule has 8 heteroatoms. The molecule has 0 saturated carbocycles. The van der Waals surface area contributed by atoms with E-state index in [1.807, 2.05) is 62.4 Å². The zero-order valence-electron chi connectivity index (χ0n) is 27.5. The highest BCUT2D eigenvalue weighted by Gasteiger charge is 2.53. The molecule has 3 aromatic rings. The first-order valence-electron chi connectivity index (χ1n) is 15.2. The smallest absolute Gasteiger partial charge is 0.410 e. The highest BCUT2D eigenvalue weighted by molar-refractivity contribution is 6.99. The Morgan fingerprint density at radius 2 is 1.48 bits per heavy atom. The predicted octanol–water partition coefficient (Wildman–Crippen LogP) is 6.55. The third-order valence-electron chi connectivity index (χ3n) is 7.75. The Kier molecular flexibility index (Phi) is 13.2. The van der Waals surface area contributed by atoms with Crippen molar-refractivity contribution in [3.05, 3.63) is 103 Å². The number of hydrogen-bond acceptors (Lipinski definition) is 6. The Morgan fingerprint density at radius 1 is 0.909 bits per heavy atom. The molecule has 0 unspecified atom stereocenters. The average molecular weight is 620 g/mol. The van der Waals surface area contributed by atoms with Crippen molar-refractivity contribution >= 4 is 24.8 Å². The Hall–Kier alpha value is -3.43. The minimum absolute atomic E-state index is 0.0444. The number of amides is 1. The number of hydrogen-bond donors (Lipinski definition) is 0. The molecule has 0 aliphatic carbocycles. The second-order valence-electron chi connectivity index (χ2n) is 11.7. The van der Waals surface area contributed by atoms with Crippen molar-refractivity contribution in [3.8, 4) is 5.75 Å². The summed E-state index contributed by atoms with van der Waals surface area (Å²) < 4.78 is 30.5. The van der Waals surface area contributed by atoms with Gasteiger partial charge in [-0.05, 0) is 42.2 Å². The summed E-state index contributed by atoms with van der Waals surface area (Å²) >= 11 is 0. The second kappa shape index (κ2) is 16.6. The van der Waals surface area contributed by atoms with Crippen LogP contribution >= 0.6 is 0 Å². The van der Waals surface area contributed by atoms with Crippen LogP contribution in [-0.2, 0) is 25.2 Å². The van der Waals surface area contributed by atoms with Crippen molar-refractivity contribution in [2.75, 3.05) is 27.6 Å². The topological polar surface area (TPSA) is 66.5 Å². The Morgan fingerprint density at radius 3 is 1.98 bits per heavy atom. The highest BCUT2D eigenvalue weighted by atomic mass is 28.4. The van der Waals surface area contributed by atoms with Crippen LogP contribution in [0.5, 0.6) is 5.75 Å². The molecule has 3 rings (SSSR count). The Bertz CT molecular complexity index is 1270. The van der Waals surface area contributed by atoms with E-state index in [9.17, 15) is 4.79 Å². The van der Waals surface area contributed by atoms with Crippen LogP contribution in [0, 0.1) is 0 Å². The molecule has 0 aliphatic rings. The number of nitrogens with zero attached hydrogens (tertiary/aromatic N) is 1. The van der Waals surface area contributed by atoms with E-state index in [4.69, 9.17) is 23.4 Å². The molecule has 0 fully saturated rings. The number of para-hydroxylation sites is 1. The summed E-state index contributed by atoms with van der Waals surface area (Å²) in [4.78, 5) is 15.6. The lowest BCUT2D eigenvalue weighted by atomic mass is 10.0. The van der Waals surface area contributed by atoms with Gasteiger partial charge in [0.25, 0.3) is 8.32 Å². The van der Waals surface area contributed by atoms with E-state index in [1.54, 1.807) is 26.0 Å². The normalized spacial score (nSPS) is 14.2. The molecule has 0 N–H and O–H groups in total. The van der Waals surface area contributed by atoms with Crippen LogP contribution in [0.15, 0.2) is 97.1 Å². The van der Waals surface area contributed by atoms with Crippen molar-refractivity contribution < 1.29 is 28.2 Å². The zero-order valence-corrected chi connectivity index (χ0v) is 28.5. The first-order valence-corrected chi connectivity index (χ1v) is 17.1. The Balaban J connectivity index is 2.26. The third-order valence-corrected chi connectivity index (χ3v) is 12.9. The van der Waals surface area contributed by atoms with Gasteiger partial charge in [0.05, 0.1) is 32.4 Å². The molecule has 3 aromatic carbocycles. The number of benzene rings is 3. The zero-order chi connectivity index (χ0) is 32.2. The summed E-state index contributed by atoms with van der Waals surface area (Å²) in [5.41, 5.74) is 0.844. The molecule has 0 bridgehead atoms. The lowest BCUT2D eigenvalue weighted by Crippen LogP contribution is -2.69. The molecule has 0 spiro atoms. The van der Waals surface area contributed by atoms with Gasteiger partial charge in [-0.2, -0.15) is 0 Å². The first kappa shape index (κ1) is 35.1. The van der Waals surface area contributed by atoms with Gasteiger partial charge in [0.2, 0.25) is 0 Å². The number of ether oxygens (including phenoxy) is 4. The summed E-state index contributed by atoms with van der Waals surface area (Å²) in [6.07, 6.45) is 2.35. The van der Waals surface area contributed by atoms with Crippen molar-refractivity contribution in [1.82, 2.24) is 4.90 Å². The first-order chi connectivity index (χ1) is 21.1. The van der Waals surface area contributed by atoms with E-state index >= 15 is 0 Å². The summed E-state index contributed by atoms with van der Waals surface area (Å²) in [5, 5.41) is 2.03. The molecular weight excluding hydrogens is 570 g/mol. The van der Waals surface area contributed by atoms with E-state index in [0.717, 1.165) is 15.9 Å². The van der Waals surface area contributed by atoms with Gasteiger partial charge in [-0.25, -0.2) is 4.79 Å². The van der Waals surface area contributed by atoms with Gasteiger partial charge in [-0.15, -0.1) is 0 Å². The monoisotopic (exact) mass is 619 g/mol. The van der Waals surface area contributed by atoms with E-state index < -0.39 is 32.7 Å². The van der Waals surface area contributed by atoms with Crippen LogP contribution in [0.1, 0.15) is 47.1 Å². The van der Waals surface area contributed by atoms with Crippen molar-refractivity contribution in [2.24, 2.45) is 0 Å². The summed E-state index contributed by atoms with van der Waals surface area (Å²) in [7, 11) is 0.216. The van der Waals surface area contributed by atoms with Gasteiger partial charge >= 0.3 is 6.09 Å². The maximum absolute atomic E-state index is 13.9. The van der Waals surface area contributed by atoms with E-state index in [1.165, 1.54) is 0 Å². The number of rotatable bonds is 15. The molecule has 3 atom stereocenters. The molecule has 0 heterocycles. The van der Waals surface area contributed by atoms with Crippen LogP contribution in [0.3, 0.4) is 0 Å². The minimum atomic E-state index is -3.00. The van der Waals surface area contributed by atoms with Crippen LogP contribution in [0.25, 0.3) is 0 Å². The molecule has 44 heavy (non-hydrogen) atoms. The van der Waals surface area contributed by atoms with Gasteiger partial charge in [0, 0.05) is 12.7 Å². The third kappa shape index (κ3) is 8.18. The van der Waals surface area contributed by atoms with Gasteiger partial charge in [-0.1, -0.05) is 112 Å². The summed E-state index contributed by atoms with van der Waals surface area (Å²) in [6, 6.07) is 28.1. The number of allylic oxidation sites excluding steroid dienone is 1. The number of carbonyl (C=O) groups is 1. The van der Waals surface area contributed by atoms with Crippen molar-refractivity contribution in [2.45, 2.75) is 71.4 Å². The average Bonchev–Trinajstić information content (AvgIpc) is 3.02. The highest BCUT2D eigenvalue weighted by Crippen LogP contribution is 2.39. The van der Waals surface area contributed by atoms with Crippen LogP contribution in [-0.4, -0.2) is 65.2 Å². The molecule has 0 saturated heterocycles. The standard InChI is InChI=1S/C36H49NO6Si/c1-9-19-33(42-27-39-7)34(37(35(38)41-10-2)26-29-20-17-18-25-32(29)40-8)28(3)43-44(36(4,5)6,30-21-13-11-14-22-30)31-23-15-12-16-24-31/h9,11-25,28,33-34H,10,26-27H2,1-8H3/b19-9+/t28-,33-,34-/m0/s1. The predicted molar refractivity (Wildman–Crippen MR) is 179 cm³/mol. The largest absolute Gasteiger partial charge is 0.496 e. The molecule has 0 aliphatic heterocycles. The molecule has 7 nitrogen and oxygen atoms in total. The maximum atomic E-state index is 13.9. The molecule has 0 aromatic heterocycles.